The first-order valence-electron chi connectivity index (χ1n) is 9.87. The summed E-state index contributed by atoms with van der Waals surface area (Å²) >= 11 is 7.48. The highest BCUT2D eigenvalue weighted by atomic mass is 35.5. The average molecular weight is 480 g/mol. The summed E-state index contributed by atoms with van der Waals surface area (Å²) in [4.78, 5) is 17.8. The van der Waals surface area contributed by atoms with Crippen molar-refractivity contribution in [3.8, 4) is 0 Å². The van der Waals surface area contributed by atoms with Gasteiger partial charge in [0.2, 0.25) is 10.0 Å². The van der Waals surface area contributed by atoms with Gasteiger partial charge < -0.3 is 9.30 Å². The zero-order chi connectivity index (χ0) is 22.0. The largest absolute Gasteiger partial charge is 0.383 e. The van der Waals surface area contributed by atoms with Crippen molar-refractivity contribution in [3.05, 3.63) is 57.9 Å². The Labute approximate surface area is 189 Å². The third kappa shape index (κ3) is 4.61. The summed E-state index contributed by atoms with van der Waals surface area (Å²) in [7, 11) is -1.90. The van der Waals surface area contributed by atoms with Gasteiger partial charge in [0, 0.05) is 37.3 Å². The van der Waals surface area contributed by atoms with E-state index in [2.05, 4.69) is 4.99 Å². The number of amides is 1. The maximum absolute atomic E-state index is 12.8. The van der Waals surface area contributed by atoms with Crippen LogP contribution in [0, 0.1) is 0 Å². The molecular weight excluding hydrogens is 458 g/mol. The van der Waals surface area contributed by atoms with Crippen LogP contribution >= 0.6 is 22.9 Å². The number of hydrogen-bond donors (Lipinski definition) is 0. The molecule has 0 unspecified atom stereocenters. The fourth-order valence-electron chi connectivity index (χ4n) is 3.53. The lowest BCUT2D eigenvalue weighted by atomic mass is 10.2. The first-order chi connectivity index (χ1) is 14.9. The monoisotopic (exact) mass is 479 g/mol. The Hall–Kier alpha value is -2.04. The summed E-state index contributed by atoms with van der Waals surface area (Å²) in [5, 5.41) is 0.611. The van der Waals surface area contributed by atoms with Crippen molar-refractivity contribution < 1.29 is 17.9 Å². The van der Waals surface area contributed by atoms with Crippen molar-refractivity contribution >= 4 is 49.1 Å². The summed E-state index contributed by atoms with van der Waals surface area (Å²) in [6.45, 7) is 2.09. The number of rotatable bonds is 6. The summed E-state index contributed by atoms with van der Waals surface area (Å²) in [6.07, 6.45) is 1.75. The summed E-state index contributed by atoms with van der Waals surface area (Å²) in [5.41, 5.74) is 1.25. The Bertz CT molecular complexity index is 1270. The molecule has 0 bridgehead atoms. The highest BCUT2D eigenvalue weighted by molar-refractivity contribution is 7.89. The number of halogens is 1. The standard InChI is InChI=1S/C21H22ClN3O4S2/c1-29-13-12-25-18-9-6-16(22)14-19(18)30-21(25)23-20(26)15-4-7-17(8-5-15)31(27,28)24-10-2-3-11-24/h4-9,14H,2-3,10-13H2,1H3. The Kier molecular flexibility index (Phi) is 6.59. The van der Waals surface area contributed by atoms with E-state index in [-0.39, 0.29) is 4.90 Å². The topological polar surface area (TPSA) is 81.0 Å². The van der Waals surface area contributed by atoms with Gasteiger partial charge in [-0.15, -0.1) is 0 Å². The van der Waals surface area contributed by atoms with Gasteiger partial charge in [-0.3, -0.25) is 4.79 Å². The van der Waals surface area contributed by atoms with Crippen LogP contribution in [-0.2, 0) is 21.3 Å². The molecule has 31 heavy (non-hydrogen) atoms. The van der Waals surface area contributed by atoms with Gasteiger partial charge in [-0.1, -0.05) is 22.9 Å². The van der Waals surface area contributed by atoms with Crippen LogP contribution in [0.25, 0.3) is 10.2 Å². The van der Waals surface area contributed by atoms with Crippen LogP contribution in [0.3, 0.4) is 0 Å². The van der Waals surface area contributed by atoms with Crippen LogP contribution in [0.5, 0.6) is 0 Å². The maximum atomic E-state index is 12.8. The molecule has 1 aliphatic heterocycles. The van der Waals surface area contributed by atoms with E-state index in [0.717, 1.165) is 23.1 Å². The lowest BCUT2D eigenvalue weighted by Gasteiger charge is -2.15. The van der Waals surface area contributed by atoms with Crippen molar-refractivity contribution in [2.75, 3.05) is 26.8 Å². The fraction of sp³-hybridized carbons (Fsp3) is 0.333. The van der Waals surface area contributed by atoms with E-state index in [1.54, 1.807) is 13.2 Å². The van der Waals surface area contributed by atoms with Crippen LogP contribution in [0.4, 0.5) is 0 Å². The molecular formula is C21H22ClN3O4S2. The highest BCUT2D eigenvalue weighted by Crippen LogP contribution is 2.23. The molecule has 2 aromatic carbocycles. The fourth-order valence-corrected chi connectivity index (χ4v) is 6.38. The lowest BCUT2D eigenvalue weighted by molar-refractivity contribution is 0.0997. The third-order valence-electron chi connectivity index (χ3n) is 5.17. The zero-order valence-corrected chi connectivity index (χ0v) is 19.3. The number of ether oxygens (including phenoxy) is 1. The molecule has 0 saturated carbocycles. The molecule has 0 N–H and O–H groups in total. The molecule has 0 spiro atoms. The van der Waals surface area contributed by atoms with E-state index >= 15 is 0 Å². The minimum Gasteiger partial charge on any atom is -0.383 e. The minimum absolute atomic E-state index is 0.192. The third-order valence-corrected chi connectivity index (χ3v) is 8.35. The Morgan fingerprint density at radius 3 is 2.55 bits per heavy atom. The van der Waals surface area contributed by atoms with Crippen molar-refractivity contribution in [1.29, 1.82) is 0 Å². The number of thiazole rings is 1. The molecule has 0 radical (unpaired) electrons. The Morgan fingerprint density at radius 2 is 1.87 bits per heavy atom. The normalized spacial score (nSPS) is 15.7. The number of carbonyl (C=O) groups is 1. The van der Waals surface area contributed by atoms with Crippen molar-refractivity contribution in [1.82, 2.24) is 8.87 Å². The van der Waals surface area contributed by atoms with Gasteiger partial charge in [0.25, 0.3) is 5.91 Å². The van der Waals surface area contributed by atoms with E-state index in [9.17, 15) is 13.2 Å². The van der Waals surface area contributed by atoms with Crippen LogP contribution in [-0.4, -0.2) is 50.0 Å². The predicted molar refractivity (Wildman–Crippen MR) is 121 cm³/mol. The number of fused-ring (bicyclic) bond motifs is 1. The highest BCUT2D eigenvalue weighted by Gasteiger charge is 2.27. The molecule has 3 aromatic rings. The molecule has 4 rings (SSSR count). The number of sulfonamides is 1. The van der Waals surface area contributed by atoms with Crippen LogP contribution in [0.2, 0.25) is 5.02 Å². The van der Waals surface area contributed by atoms with Crippen molar-refractivity contribution in [2.24, 2.45) is 4.99 Å². The SMILES string of the molecule is COCCn1c(=NC(=O)c2ccc(S(=O)(=O)N3CCCC3)cc2)sc2cc(Cl)ccc21. The second kappa shape index (κ2) is 9.22. The van der Waals surface area contributed by atoms with Gasteiger partial charge >= 0.3 is 0 Å². The van der Waals surface area contributed by atoms with Gasteiger partial charge in [-0.2, -0.15) is 9.30 Å². The van der Waals surface area contributed by atoms with E-state index < -0.39 is 15.9 Å². The van der Waals surface area contributed by atoms with Crippen LogP contribution < -0.4 is 4.80 Å². The second-order valence-electron chi connectivity index (χ2n) is 7.19. The summed E-state index contributed by atoms with van der Waals surface area (Å²) in [5.74, 6) is -0.436. The van der Waals surface area contributed by atoms with E-state index in [0.29, 0.717) is 41.6 Å². The minimum atomic E-state index is -3.52. The van der Waals surface area contributed by atoms with Gasteiger partial charge in [0.1, 0.15) is 0 Å². The molecule has 1 fully saturated rings. The Morgan fingerprint density at radius 1 is 1.16 bits per heavy atom. The molecule has 0 aliphatic carbocycles. The lowest BCUT2D eigenvalue weighted by Crippen LogP contribution is -2.27. The quantitative estimate of drug-likeness (QED) is 0.541. The first-order valence-corrected chi connectivity index (χ1v) is 12.5. The predicted octanol–water partition coefficient (Wildman–Crippen LogP) is 3.53. The summed E-state index contributed by atoms with van der Waals surface area (Å²) in [6, 6.07) is 11.5. The van der Waals surface area contributed by atoms with E-state index in [1.807, 2.05) is 16.7 Å². The van der Waals surface area contributed by atoms with E-state index in [4.69, 9.17) is 16.3 Å². The molecule has 2 heterocycles. The average Bonchev–Trinajstić information content (AvgIpc) is 3.41. The second-order valence-corrected chi connectivity index (χ2v) is 10.6. The van der Waals surface area contributed by atoms with Gasteiger partial charge in [0.15, 0.2) is 4.80 Å². The smallest absolute Gasteiger partial charge is 0.279 e. The van der Waals surface area contributed by atoms with E-state index in [1.165, 1.54) is 39.9 Å². The zero-order valence-electron chi connectivity index (χ0n) is 17.0. The van der Waals surface area contributed by atoms with Crippen molar-refractivity contribution in [2.45, 2.75) is 24.3 Å². The van der Waals surface area contributed by atoms with Gasteiger partial charge in [-0.25, -0.2) is 8.42 Å². The number of benzene rings is 2. The molecule has 10 heteroatoms. The van der Waals surface area contributed by atoms with Gasteiger partial charge in [-0.05, 0) is 55.3 Å². The molecule has 1 saturated heterocycles. The van der Waals surface area contributed by atoms with Gasteiger partial charge in [0.05, 0.1) is 21.7 Å². The molecule has 164 valence electrons. The number of methoxy groups -OCH3 is 1. The molecule has 1 amide bonds. The first kappa shape index (κ1) is 22.2. The van der Waals surface area contributed by atoms with Crippen LogP contribution in [0.1, 0.15) is 23.2 Å². The molecule has 0 atom stereocenters. The number of carbonyl (C=O) groups excluding carboxylic acids is 1. The number of hydrogen-bond acceptors (Lipinski definition) is 5. The molecule has 1 aliphatic rings. The summed E-state index contributed by atoms with van der Waals surface area (Å²) < 4.78 is 34.9. The number of nitrogens with zero attached hydrogens (tertiary/aromatic N) is 3. The van der Waals surface area contributed by atoms with Crippen LogP contribution in [0.15, 0.2) is 52.4 Å². The number of aromatic nitrogens is 1. The molecule has 1 aromatic heterocycles. The van der Waals surface area contributed by atoms with Crippen molar-refractivity contribution in [3.63, 3.8) is 0 Å². The molecule has 7 nitrogen and oxygen atoms in total. The maximum Gasteiger partial charge on any atom is 0.279 e. The Balaban J connectivity index is 1.66.